The molecular weight excluding hydrogens is 468 g/mol. The van der Waals surface area contributed by atoms with Gasteiger partial charge in [-0.05, 0) is 41.0 Å². The van der Waals surface area contributed by atoms with Crippen molar-refractivity contribution in [3.8, 4) is 22.6 Å². The van der Waals surface area contributed by atoms with Crippen LogP contribution >= 0.6 is 0 Å². The molecule has 0 aliphatic carbocycles. The lowest BCUT2D eigenvalue weighted by molar-refractivity contribution is 0.0695. The highest BCUT2D eigenvalue weighted by atomic mass is 19.1. The van der Waals surface area contributed by atoms with Gasteiger partial charge in [-0.1, -0.05) is 12.1 Å². The fraction of sp³-hybridized carbons (Fsp3) is 0.120. The van der Waals surface area contributed by atoms with Gasteiger partial charge in [-0.25, -0.2) is 22.4 Å². The number of benzene rings is 3. The molecule has 0 radical (unpaired) electrons. The largest absolute Gasteiger partial charge is 0.477 e. The third-order valence-electron chi connectivity index (χ3n) is 5.92. The normalized spacial score (nSPS) is 12.7. The second kappa shape index (κ2) is 8.55. The summed E-state index contributed by atoms with van der Waals surface area (Å²) in [5, 5.41) is 12.2. The number of fused-ring (bicyclic) bond motifs is 2. The van der Waals surface area contributed by atoms with E-state index in [2.05, 4.69) is 5.32 Å². The summed E-state index contributed by atoms with van der Waals surface area (Å²) in [5.74, 6) is -5.01. The molecule has 1 aromatic heterocycles. The molecule has 0 fully saturated rings. The Bertz CT molecular complexity index is 1580. The van der Waals surface area contributed by atoms with E-state index < -0.39 is 52.4 Å². The van der Waals surface area contributed by atoms with Crippen LogP contribution in [0.2, 0.25) is 0 Å². The molecule has 0 saturated carbocycles. The fourth-order valence-electron chi connectivity index (χ4n) is 4.36. The van der Waals surface area contributed by atoms with Gasteiger partial charge in [0.1, 0.15) is 28.5 Å². The molecule has 0 saturated heterocycles. The number of nitrogens with zero attached hydrogens (tertiary/aromatic N) is 1. The van der Waals surface area contributed by atoms with Crippen molar-refractivity contribution in [3.63, 3.8) is 0 Å². The van der Waals surface area contributed by atoms with Crippen molar-refractivity contribution in [1.29, 1.82) is 0 Å². The number of alkyl halides is 1. The van der Waals surface area contributed by atoms with E-state index in [0.29, 0.717) is 24.7 Å². The van der Waals surface area contributed by atoms with Crippen molar-refractivity contribution < 1.29 is 32.2 Å². The van der Waals surface area contributed by atoms with Gasteiger partial charge >= 0.3 is 5.97 Å². The summed E-state index contributed by atoms with van der Waals surface area (Å²) < 4.78 is 63.5. The number of pyridine rings is 1. The molecule has 1 aliphatic heterocycles. The molecule has 2 heterocycles. The Labute approximate surface area is 195 Å². The van der Waals surface area contributed by atoms with Gasteiger partial charge < -0.3 is 19.7 Å². The summed E-state index contributed by atoms with van der Waals surface area (Å²) in [4.78, 5) is 24.7. The maximum Gasteiger partial charge on any atom is 0.341 e. The van der Waals surface area contributed by atoms with Gasteiger partial charge in [0.2, 0.25) is 12.3 Å². The third kappa shape index (κ3) is 3.71. The molecule has 6 nitrogen and oxygen atoms in total. The maximum absolute atomic E-state index is 15.5. The Kier molecular flexibility index (Phi) is 5.52. The number of aromatic carboxylic acids is 1. The van der Waals surface area contributed by atoms with Crippen LogP contribution in [0.1, 0.15) is 21.5 Å². The second-order valence-corrected chi connectivity index (χ2v) is 7.94. The number of ether oxygens (including phenoxy) is 1. The van der Waals surface area contributed by atoms with Gasteiger partial charge in [0, 0.05) is 25.4 Å². The summed E-state index contributed by atoms with van der Waals surface area (Å²) in [6.07, 6.45) is 0.822. The van der Waals surface area contributed by atoms with E-state index in [1.807, 2.05) is 0 Å². The Morgan fingerprint density at radius 3 is 2.51 bits per heavy atom. The lowest BCUT2D eigenvalue weighted by Gasteiger charge is -2.19. The molecule has 10 heteroatoms. The maximum atomic E-state index is 15.5. The minimum atomic E-state index is -1.64. The first-order valence-corrected chi connectivity index (χ1v) is 10.4. The monoisotopic (exact) mass is 484 g/mol. The number of hydrogen-bond acceptors (Lipinski definition) is 4. The first kappa shape index (κ1) is 22.6. The Morgan fingerprint density at radius 1 is 1.03 bits per heavy atom. The third-order valence-corrected chi connectivity index (χ3v) is 5.92. The number of aromatic nitrogens is 1. The van der Waals surface area contributed by atoms with Gasteiger partial charge in [-0.3, -0.25) is 4.79 Å². The summed E-state index contributed by atoms with van der Waals surface area (Å²) in [5.41, 5.74) is -0.464. The van der Waals surface area contributed by atoms with E-state index >= 15 is 4.39 Å². The number of hydrogen-bond donors (Lipinski definition) is 2. The number of halogens is 4. The summed E-state index contributed by atoms with van der Waals surface area (Å²) in [7, 11) is 0. The van der Waals surface area contributed by atoms with Crippen LogP contribution < -0.4 is 15.5 Å². The molecule has 178 valence electrons. The van der Waals surface area contributed by atoms with Crippen LogP contribution in [0.15, 0.2) is 53.5 Å². The molecule has 0 bridgehead atoms. The lowest BCUT2D eigenvalue weighted by atomic mass is 9.97. The highest BCUT2D eigenvalue weighted by Crippen LogP contribution is 2.41. The molecule has 4 aromatic rings. The van der Waals surface area contributed by atoms with Crippen molar-refractivity contribution in [2.45, 2.75) is 13.1 Å². The molecule has 0 spiro atoms. The highest BCUT2D eigenvalue weighted by molar-refractivity contribution is 5.98. The number of nitrogens with one attached hydrogen (secondary N) is 1. The van der Waals surface area contributed by atoms with Crippen LogP contribution in [0.25, 0.3) is 27.7 Å². The van der Waals surface area contributed by atoms with Crippen molar-refractivity contribution >= 4 is 16.9 Å². The number of carbonyl (C=O) groups is 1. The van der Waals surface area contributed by atoms with E-state index in [4.69, 9.17) is 4.74 Å². The van der Waals surface area contributed by atoms with E-state index in [1.54, 1.807) is 18.2 Å². The predicted octanol–water partition coefficient (Wildman–Crippen LogP) is 4.68. The molecule has 5 rings (SSSR count). The van der Waals surface area contributed by atoms with Crippen molar-refractivity contribution in [2.75, 3.05) is 6.86 Å². The van der Waals surface area contributed by atoms with Gasteiger partial charge in [-0.15, -0.1) is 0 Å². The fourth-order valence-corrected chi connectivity index (χ4v) is 4.36. The summed E-state index contributed by atoms with van der Waals surface area (Å²) >= 11 is 0. The topological polar surface area (TPSA) is 80.6 Å². The first-order valence-electron chi connectivity index (χ1n) is 10.4. The van der Waals surface area contributed by atoms with Gasteiger partial charge in [-0.2, -0.15) is 0 Å². The number of carboxylic acid groups (broad SMARTS) is 1. The average molecular weight is 484 g/mol. The van der Waals surface area contributed by atoms with E-state index in [0.717, 1.165) is 40.1 Å². The van der Waals surface area contributed by atoms with Crippen LogP contribution in [-0.4, -0.2) is 22.5 Å². The quantitative estimate of drug-likeness (QED) is 0.402. The molecule has 0 amide bonds. The van der Waals surface area contributed by atoms with Gasteiger partial charge in [0.15, 0.2) is 5.75 Å². The van der Waals surface area contributed by atoms with Crippen LogP contribution in [0.5, 0.6) is 5.75 Å². The smallest absolute Gasteiger partial charge is 0.341 e. The minimum absolute atomic E-state index is 0.191. The summed E-state index contributed by atoms with van der Waals surface area (Å²) in [6.45, 7) is -0.255. The molecule has 2 N–H and O–H groups in total. The van der Waals surface area contributed by atoms with Crippen molar-refractivity contribution in [3.05, 3.63) is 93.0 Å². The minimum Gasteiger partial charge on any atom is -0.477 e. The van der Waals surface area contributed by atoms with Crippen molar-refractivity contribution in [2.24, 2.45) is 0 Å². The first-order chi connectivity index (χ1) is 16.8. The van der Waals surface area contributed by atoms with E-state index in [-0.39, 0.29) is 16.8 Å². The van der Waals surface area contributed by atoms with E-state index in [9.17, 15) is 27.9 Å². The summed E-state index contributed by atoms with van der Waals surface area (Å²) in [6, 6.07) is 8.39. The zero-order chi connectivity index (χ0) is 24.9. The molecule has 3 aromatic carbocycles. The zero-order valence-corrected chi connectivity index (χ0v) is 17.9. The SMILES string of the molecule is O=C(O)c1cn(-c2ccc(F)cc2F)c2c(OCF)c(-c3ccc4c(c3)CNC4)c(F)cc2c1=O. The zero-order valence-electron chi connectivity index (χ0n) is 17.9. The average Bonchev–Trinajstić information content (AvgIpc) is 3.28. The molecule has 0 atom stereocenters. The van der Waals surface area contributed by atoms with Crippen LogP contribution in [0.3, 0.4) is 0 Å². The highest BCUT2D eigenvalue weighted by Gasteiger charge is 2.26. The molecule has 35 heavy (non-hydrogen) atoms. The molecule has 0 unspecified atom stereocenters. The second-order valence-electron chi connectivity index (χ2n) is 7.94. The van der Waals surface area contributed by atoms with Crippen LogP contribution in [0, 0.1) is 17.5 Å². The van der Waals surface area contributed by atoms with Crippen LogP contribution in [0.4, 0.5) is 17.6 Å². The Morgan fingerprint density at radius 2 is 1.80 bits per heavy atom. The number of carboxylic acids is 1. The molecular formula is C25H16F4N2O4. The van der Waals surface area contributed by atoms with Gasteiger partial charge in [0.25, 0.3) is 0 Å². The van der Waals surface area contributed by atoms with E-state index in [1.165, 1.54) is 0 Å². The lowest BCUT2D eigenvalue weighted by Crippen LogP contribution is -2.20. The Hall–Kier alpha value is -4.18. The van der Waals surface area contributed by atoms with Crippen LogP contribution in [-0.2, 0) is 13.1 Å². The molecule has 1 aliphatic rings. The Balaban J connectivity index is 1.93. The number of rotatable bonds is 5. The predicted molar refractivity (Wildman–Crippen MR) is 119 cm³/mol. The standard InChI is InChI=1S/C25H16F4N2O4/c26-11-35-24-21(12-1-2-13-8-30-9-14(13)5-12)19(29)7-16-22(24)31(10-17(23(16)32)25(33)34)20-4-3-15(27)6-18(20)28/h1-7,10,30H,8-9,11H2,(H,33,34). The van der Waals surface area contributed by atoms with Crippen molar-refractivity contribution in [1.82, 2.24) is 9.88 Å². The van der Waals surface area contributed by atoms with Gasteiger partial charge in [0.05, 0.1) is 16.6 Å².